The van der Waals surface area contributed by atoms with Crippen LogP contribution in [0.5, 0.6) is 0 Å². The average molecular weight is 261 g/mol. The Morgan fingerprint density at radius 1 is 1.56 bits per heavy atom. The van der Waals surface area contributed by atoms with E-state index in [1.165, 1.54) is 0 Å². The third-order valence-electron chi connectivity index (χ3n) is 2.62. The van der Waals surface area contributed by atoms with Gasteiger partial charge in [-0.2, -0.15) is 0 Å². The van der Waals surface area contributed by atoms with Crippen LogP contribution in [0.15, 0.2) is 46.9 Å². The molecule has 1 aliphatic heterocycles. The van der Waals surface area contributed by atoms with Gasteiger partial charge < -0.3 is 10.0 Å². The van der Waals surface area contributed by atoms with E-state index in [-0.39, 0.29) is 12.4 Å². The summed E-state index contributed by atoms with van der Waals surface area (Å²) in [6, 6.07) is 5.82. The number of allylic oxidation sites excluding steroid dienone is 1. The van der Waals surface area contributed by atoms with E-state index < -0.39 is 0 Å². The molecule has 0 spiro atoms. The van der Waals surface area contributed by atoms with Gasteiger partial charge in [-0.3, -0.25) is 4.79 Å². The molecule has 2 rings (SSSR count). The Bertz CT molecular complexity index is 523. The van der Waals surface area contributed by atoms with Gasteiger partial charge in [-0.15, -0.1) is 6.58 Å². The van der Waals surface area contributed by atoms with Crippen molar-refractivity contribution < 1.29 is 9.90 Å². The lowest BCUT2D eigenvalue weighted by atomic mass is 10.2. The summed E-state index contributed by atoms with van der Waals surface area (Å²) in [7, 11) is 0. The molecular formula is C14H15NO2S. The van der Waals surface area contributed by atoms with Crippen LogP contribution in [0.1, 0.15) is 12.5 Å². The monoisotopic (exact) mass is 261 g/mol. The molecule has 3 nitrogen and oxygen atoms in total. The minimum absolute atomic E-state index is 0.0195. The number of thioether (sulfide) groups is 1. The van der Waals surface area contributed by atoms with Crippen LogP contribution in [0.4, 0.5) is 5.69 Å². The van der Waals surface area contributed by atoms with Gasteiger partial charge >= 0.3 is 0 Å². The summed E-state index contributed by atoms with van der Waals surface area (Å²) in [6.07, 6.45) is 3.43. The summed E-state index contributed by atoms with van der Waals surface area (Å²) < 4.78 is 0. The van der Waals surface area contributed by atoms with Crippen LogP contribution >= 0.6 is 11.8 Å². The predicted molar refractivity (Wildman–Crippen MR) is 74.5 cm³/mol. The lowest BCUT2D eigenvalue weighted by molar-refractivity contribution is -0.112. The van der Waals surface area contributed by atoms with Crippen molar-refractivity contribution in [1.82, 2.24) is 0 Å². The van der Waals surface area contributed by atoms with E-state index in [0.717, 1.165) is 21.2 Å². The number of hydrogen-bond acceptors (Lipinski definition) is 4. The predicted octanol–water partition coefficient (Wildman–Crippen LogP) is 2.71. The van der Waals surface area contributed by atoms with Crippen LogP contribution in [0, 0.1) is 0 Å². The van der Waals surface area contributed by atoms with Crippen LogP contribution in [-0.4, -0.2) is 17.4 Å². The molecule has 0 saturated carbocycles. The van der Waals surface area contributed by atoms with E-state index in [1.807, 2.05) is 23.1 Å². The zero-order chi connectivity index (χ0) is 13.1. The topological polar surface area (TPSA) is 40.5 Å². The molecule has 4 heteroatoms. The molecule has 0 amide bonds. The third kappa shape index (κ3) is 2.49. The number of carbonyl (C=O) groups excluding carboxylic acids is 1. The minimum Gasteiger partial charge on any atom is -0.392 e. The van der Waals surface area contributed by atoms with Gasteiger partial charge in [0.2, 0.25) is 0 Å². The Kier molecular flexibility index (Phi) is 3.89. The zero-order valence-corrected chi connectivity index (χ0v) is 11.0. The smallest absolute Gasteiger partial charge is 0.155 e. The summed E-state index contributed by atoms with van der Waals surface area (Å²) in [4.78, 5) is 14.4. The first-order valence-electron chi connectivity index (χ1n) is 5.68. The van der Waals surface area contributed by atoms with E-state index in [9.17, 15) is 9.90 Å². The second kappa shape index (κ2) is 5.42. The molecule has 1 aromatic carbocycles. The molecule has 0 unspecified atom stereocenters. The van der Waals surface area contributed by atoms with Gasteiger partial charge in [-0.25, -0.2) is 0 Å². The molecule has 0 aliphatic carbocycles. The molecule has 0 aromatic heterocycles. The molecule has 0 bridgehead atoms. The highest BCUT2D eigenvalue weighted by Crippen LogP contribution is 2.46. The van der Waals surface area contributed by atoms with Crippen molar-refractivity contribution >= 4 is 23.2 Å². The number of benzene rings is 1. The SMILES string of the molecule is C=CCN1/C(=C/C(C)=O)Sc2ccc(CO)cc21. The number of ketones is 1. The number of rotatable bonds is 4. The molecule has 1 heterocycles. The Morgan fingerprint density at radius 3 is 2.94 bits per heavy atom. The molecular weight excluding hydrogens is 246 g/mol. The van der Waals surface area contributed by atoms with Gasteiger partial charge in [-0.1, -0.05) is 23.9 Å². The molecule has 1 aliphatic rings. The van der Waals surface area contributed by atoms with Crippen LogP contribution in [0.25, 0.3) is 0 Å². The van der Waals surface area contributed by atoms with E-state index in [0.29, 0.717) is 6.54 Å². The number of hydrogen-bond donors (Lipinski definition) is 1. The number of nitrogens with zero attached hydrogens (tertiary/aromatic N) is 1. The zero-order valence-electron chi connectivity index (χ0n) is 10.2. The Hall–Kier alpha value is -1.52. The Morgan fingerprint density at radius 2 is 2.33 bits per heavy atom. The first-order chi connectivity index (χ1) is 8.65. The third-order valence-corrected chi connectivity index (χ3v) is 3.73. The number of aliphatic hydroxyl groups excluding tert-OH is 1. The normalized spacial score (nSPS) is 15.9. The van der Waals surface area contributed by atoms with Crippen molar-refractivity contribution in [2.24, 2.45) is 0 Å². The number of aliphatic hydroxyl groups is 1. The van der Waals surface area contributed by atoms with E-state index in [2.05, 4.69) is 6.58 Å². The first kappa shape index (κ1) is 12.9. The van der Waals surface area contributed by atoms with Crippen LogP contribution in [0.2, 0.25) is 0 Å². The van der Waals surface area contributed by atoms with Gasteiger partial charge in [-0.05, 0) is 24.6 Å². The number of fused-ring (bicyclic) bond motifs is 1. The van der Waals surface area contributed by atoms with Crippen molar-refractivity contribution in [2.75, 3.05) is 11.4 Å². The summed E-state index contributed by atoms with van der Waals surface area (Å²) in [5.74, 6) is 0.0294. The fraction of sp³-hybridized carbons (Fsp3) is 0.214. The quantitative estimate of drug-likeness (QED) is 0.668. The standard InChI is InChI=1S/C14H15NO2S/c1-3-6-15-12-8-11(9-16)4-5-13(12)18-14(15)7-10(2)17/h3-5,7-8,16H,1,6,9H2,2H3/b14-7-. The van der Waals surface area contributed by atoms with Crippen molar-refractivity contribution in [3.63, 3.8) is 0 Å². The van der Waals surface area contributed by atoms with Gasteiger partial charge in [0.1, 0.15) is 0 Å². The lowest BCUT2D eigenvalue weighted by Gasteiger charge is -2.18. The van der Waals surface area contributed by atoms with Gasteiger partial charge in [0.25, 0.3) is 0 Å². The highest BCUT2D eigenvalue weighted by atomic mass is 32.2. The molecule has 18 heavy (non-hydrogen) atoms. The molecule has 0 saturated heterocycles. The van der Waals surface area contributed by atoms with E-state index in [1.54, 1.807) is 30.8 Å². The Balaban J connectivity index is 2.43. The summed E-state index contributed by atoms with van der Waals surface area (Å²) in [5.41, 5.74) is 1.89. The first-order valence-corrected chi connectivity index (χ1v) is 6.49. The maximum atomic E-state index is 11.2. The second-order valence-electron chi connectivity index (χ2n) is 4.05. The fourth-order valence-electron chi connectivity index (χ4n) is 1.84. The number of carbonyl (C=O) groups is 1. The maximum Gasteiger partial charge on any atom is 0.155 e. The van der Waals surface area contributed by atoms with Crippen molar-refractivity contribution in [2.45, 2.75) is 18.4 Å². The fourth-order valence-corrected chi connectivity index (χ4v) is 2.99. The molecule has 94 valence electrons. The van der Waals surface area contributed by atoms with Crippen molar-refractivity contribution in [3.8, 4) is 0 Å². The lowest BCUT2D eigenvalue weighted by Crippen LogP contribution is -2.18. The van der Waals surface area contributed by atoms with E-state index >= 15 is 0 Å². The second-order valence-corrected chi connectivity index (χ2v) is 5.12. The summed E-state index contributed by atoms with van der Waals surface area (Å²) in [6.45, 7) is 5.95. The van der Waals surface area contributed by atoms with Crippen LogP contribution in [-0.2, 0) is 11.4 Å². The summed E-state index contributed by atoms with van der Waals surface area (Å²) >= 11 is 1.57. The molecule has 0 fully saturated rings. The number of anilines is 1. The van der Waals surface area contributed by atoms with E-state index in [4.69, 9.17) is 0 Å². The van der Waals surface area contributed by atoms with Gasteiger partial charge in [0, 0.05) is 17.5 Å². The average Bonchev–Trinajstić information content (AvgIpc) is 2.66. The highest BCUT2D eigenvalue weighted by Gasteiger charge is 2.24. The molecule has 1 N–H and O–H groups in total. The van der Waals surface area contributed by atoms with Gasteiger partial charge in [0.15, 0.2) is 5.78 Å². The molecule has 1 aromatic rings. The van der Waals surface area contributed by atoms with Crippen LogP contribution in [0.3, 0.4) is 0 Å². The van der Waals surface area contributed by atoms with Crippen LogP contribution < -0.4 is 4.90 Å². The molecule has 0 atom stereocenters. The molecule has 0 radical (unpaired) electrons. The Labute approximate surface area is 111 Å². The highest BCUT2D eigenvalue weighted by molar-refractivity contribution is 8.03. The van der Waals surface area contributed by atoms with Crippen molar-refractivity contribution in [1.29, 1.82) is 0 Å². The van der Waals surface area contributed by atoms with Crippen molar-refractivity contribution in [3.05, 3.63) is 47.5 Å². The maximum absolute atomic E-state index is 11.2. The van der Waals surface area contributed by atoms with Gasteiger partial charge in [0.05, 0.1) is 17.3 Å². The minimum atomic E-state index is 0.0195. The largest absolute Gasteiger partial charge is 0.392 e. The summed E-state index contributed by atoms with van der Waals surface area (Å²) in [5, 5.41) is 10.1.